The van der Waals surface area contributed by atoms with Crippen LogP contribution in [0.3, 0.4) is 0 Å². The molecule has 0 spiro atoms. The van der Waals surface area contributed by atoms with Crippen molar-refractivity contribution in [2.45, 2.75) is 13.1 Å². The van der Waals surface area contributed by atoms with E-state index in [4.69, 9.17) is 5.11 Å². The van der Waals surface area contributed by atoms with Crippen molar-refractivity contribution in [2.75, 3.05) is 31.6 Å². The second kappa shape index (κ2) is 7.72. The molecular formula is C13H17F3N2O3. The summed E-state index contributed by atoms with van der Waals surface area (Å²) in [6, 6.07) is 5.33. The van der Waals surface area contributed by atoms with E-state index in [1.165, 1.54) is 23.1 Å². The van der Waals surface area contributed by atoms with Crippen LogP contribution in [0.1, 0.15) is 6.92 Å². The molecule has 0 aliphatic heterocycles. The summed E-state index contributed by atoms with van der Waals surface area (Å²) in [6.45, 7) is 0.578. The van der Waals surface area contributed by atoms with Gasteiger partial charge in [0.05, 0.1) is 12.3 Å². The largest absolute Gasteiger partial charge is 0.482 e. The Balaban J connectivity index is 2.76. The second-order valence-corrected chi connectivity index (χ2v) is 4.13. The van der Waals surface area contributed by atoms with Crippen LogP contribution in [-0.2, 0) is 0 Å². The lowest BCUT2D eigenvalue weighted by molar-refractivity contribution is -0.153. The molecule has 5 nitrogen and oxygen atoms in total. The fourth-order valence-corrected chi connectivity index (χ4v) is 1.57. The third kappa shape index (κ3) is 5.90. The maximum atomic E-state index is 12.2. The van der Waals surface area contributed by atoms with Crippen LogP contribution in [0.25, 0.3) is 0 Å². The van der Waals surface area contributed by atoms with Crippen LogP contribution in [0, 0.1) is 0 Å². The van der Waals surface area contributed by atoms with Crippen molar-refractivity contribution >= 4 is 11.7 Å². The van der Waals surface area contributed by atoms with Gasteiger partial charge in [0.15, 0.2) is 6.61 Å². The Hall–Kier alpha value is -1.96. The molecule has 1 aromatic carbocycles. The van der Waals surface area contributed by atoms with Gasteiger partial charge >= 0.3 is 12.2 Å². The molecule has 0 aromatic heterocycles. The maximum Gasteiger partial charge on any atom is 0.422 e. The summed E-state index contributed by atoms with van der Waals surface area (Å²) < 4.78 is 41.2. The first-order valence-electron chi connectivity index (χ1n) is 6.32. The Morgan fingerprint density at radius 3 is 2.62 bits per heavy atom. The van der Waals surface area contributed by atoms with Gasteiger partial charge in [0, 0.05) is 13.1 Å². The lowest BCUT2D eigenvalue weighted by Crippen LogP contribution is -2.36. The average molecular weight is 306 g/mol. The summed E-state index contributed by atoms with van der Waals surface area (Å²) in [7, 11) is 0. The molecule has 0 fully saturated rings. The summed E-state index contributed by atoms with van der Waals surface area (Å²) in [5.74, 6) is -0.0665. The molecule has 0 aliphatic carbocycles. The Kier molecular flexibility index (Phi) is 6.29. The van der Waals surface area contributed by atoms with Crippen molar-refractivity contribution in [3.63, 3.8) is 0 Å². The van der Waals surface area contributed by atoms with Gasteiger partial charge in [-0.25, -0.2) is 4.79 Å². The number of carbonyl (C=O) groups excluding carboxylic acids is 1. The van der Waals surface area contributed by atoms with E-state index < -0.39 is 18.8 Å². The fraction of sp³-hybridized carbons (Fsp3) is 0.462. The number of hydrogen-bond acceptors (Lipinski definition) is 3. The van der Waals surface area contributed by atoms with Crippen molar-refractivity contribution < 1.29 is 27.8 Å². The average Bonchev–Trinajstić information content (AvgIpc) is 2.42. The molecule has 0 unspecified atom stereocenters. The molecule has 2 amide bonds. The number of hydrogen-bond donors (Lipinski definition) is 2. The van der Waals surface area contributed by atoms with Crippen LogP contribution in [0.2, 0.25) is 0 Å². The SMILES string of the molecule is CCN(CCO)C(=O)Nc1ccccc1OCC(F)(F)F. The van der Waals surface area contributed by atoms with Crippen molar-refractivity contribution in [1.82, 2.24) is 4.90 Å². The van der Waals surface area contributed by atoms with E-state index in [1.807, 2.05) is 0 Å². The van der Waals surface area contributed by atoms with Gasteiger partial charge in [-0.15, -0.1) is 0 Å². The molecular weight excluding hydrogens is 289 g/mol. The summed E-state index contributed by atoms with van der Waals surface area (Å²) in [6.07, 6.45) is -4.45. The molecule has 1 rings (SSSR count). The van der Waals surface area contributed by atoms with Gasteiger partial charge in [-0.3, -0.25) is 0 Å². The number of anilines is 1. The zero-order valence-corrected chi connectivity index (χ0v) is 11.5. The van der Waals surface area contributed by atoms with E-state index in [-0.39, 0.29) is 24.6 Å². The summed E-state index contributed by atoms with van der Waals surface area (Å²) in [5, 5.41) is 11.3. The number of benzene rings is 1. The minimum atomic E-state index is -4.45. The van der Waals surface area contributed by atoms with Crippen LogP contribution in [0.15, 0.2) is 24.3 Å². The monoisotopic (exact) mass is 306 g/mol. The van der Waals surface area contributed by atoms with Crippen LogP contribution < -0.4 is 10.1 Å². The number of halogens is 3. The molecule has 0 heterocycles. The van der Waals surface area contributed by atoms with E-state index >= 15 is 0 Å². The molecule has 2 N–H and O–H groups in total. The van der Waals surface area contributed by atoms with Gasteiger partial charge in [-0.1, -0.05) is 12.1 Å². The first-order chi connectivity index (χ1) is 9.87. The topological polar surface area (TPSA) is 61.8 Å². The number of nitrogens with one attached hydrogen (secondary N) is 1. The zero-order chi connectivity index (χ0) is 15.9. The highest BCUT2D eigenvalue weighted by atomic mass is 19.4. The number of aliphatic hydroxyl groups excluding tert-OH is 1. The van der Waals surface area contributed by atoms with Crippen LogP contribution in [-0.4, -0.2) is 48.5 Å². The zero-order valence-electron chi connectivity index (χ0n) is 11.5. The minimum Gasteiger partial charge on any atom is -0.482 e. The molecule has 0 radical (unpaired) electrons. The summed E-state index contributed by atoms with van der Waals surface area (Å²) >= 11 is 0. The molecule has 21 heavy (non-hydrogen) atoms. The molecule has 8 heteroatoms. The van der Waals surface area contributed by atoms with Crippen LogP contribution in [0.4, 0.5) is 23.7 Å². The minimum absolute atomic E-state index is 0.0665. The Labute approximate surface area is 120 Å². The molecule has 0 saturated heterocycles. The quantitative estimate of drug-likeness (QED) is 0.849. The van der Waals surface area contributed by atoms with Crippen molar-refractivity contribution in [2.24, 2.45) is 0 Å². The van der Waals surface area contributed by atoms with Gasteiger partial charge < -0.3 is 20.1 Å². The Morgan fingerprint density at radius 1 is 1.38 bits per heavy atom. The lowest BCUT2D eigenvalue weighted by Gasteiger charge is -2.21. The summed E-state index contributed by atoms with van der Waals surface area (Å²) in [4.78, 5) is 13.2. The molecule has 1 aromatic rings. The Morgan fingerprint density at radius 2 is 2.05 bits per heavy atom. The number of rotatable bonds is 6. The first-order valence-corrected chi connectivity index (χ1v) is 6.32. The fourth-order valence-electron chi connectivity index (χ4n) is 1.57. The predicted molar refractivity (Wildman–Crippen MR) is 71.3 cm³/mol. The molecule has 0 bridgehead atoms. The van der Waals surface area contributed by atoms with Crippen molar-refractivity contribution in [3.8, 4) is 5.75 Å². The summed E-state index contributed by atoms with van der Waals surface area (Å²) in [5.41, 5.74) is 0.142. The number of likely N-dealkylation sites (N-methyl/N-ethyl adjacent to an activating group) is 1. The number of nitrogens with zero attached hydrogens (tertiary/aromatic N) is 1. The molecule has 118 valence electrons. The number of alkyl halides is 3. The number of urea groups is 1. The smallest absolute Gasteiger partial charge is 0.422 e. The Bertz CT molecular complexity index is 466. The van der Waals surface area contributed by atoms with Gasteiger partial charge in [-0.2, -0.15) is 13.2 Å². The van der Waals surface area contributed by atoms with E-state index in [9.17, 15) is 18.0 Å². The highest BCUT2D eigenvalue weighted by molar-refractivity contribution is 5.90. The van der Waals surface area contributed by atoms with Crippen molar-refractivity contribution in [3.05, 3.63) is 24.3 Å². The van der Waals surface area contributed by atoms with Crippen LogP contribution in [0.5, 0.6) is 5.75 Å². The van der Waals surface area contributed by atoms with E-state index in [2.05, 4.69) is 10.1 Å². The number of aliphatic hydroxyl groups is 1. The number of para-hydroxylation sites is 2. The van der Waals surface area contributed by atoms with E-state index in [0.29, 0.717) is 6.54 Å². The van der Waals surface area contributed by atoms with Gasteiger partial charge in [0.2, 0.25) is 0 Å². The highest BCUT2D eigenvalue weighted by Crippen LogP contribution is 2.26. The van der Waals surface area contributed by atoms with Gasteiger partial charge in [0.25, 0.3) is 0 Å². The first kappa shape index (κ1) is 17.1. The number of amides is 2. The second-order valence-electron chi connectivity index (χ2n) is 4.13. The number of ether oxygens (including phenoxy) is 1. The predicted octanol–water partition coefficient (Wildman–Crippen LogP) is 2.47. The van der Waals surface area contributed by atoms with Crippen molar-refractivity contribution in [1.29, 1.82) is 0 Å². The number of carbonyl (C=O) groups is 1. The lowest BCUT2D eigenvalue weighted by atomic mass is 10.3. The third-order valence-corrected chi connectivity index (χ3v) is 2.56. The third-order valence-electron chi connectivity index (χ3n) is 2.56. The standard InChI is InChI=1S/C13H17F3N2O3/c1-2-18(7-8-19)12(20)17-10-5-3-4-6-11(10)21-9-13(14,15)16/h3-6,19H,2,7-9H2,1H3,(H,17,20). The maximum absolute atomic E-state index is 12.2. The van der Waals surface area contributed by atoms with Crippen LogP contribution >= 0.6 is 0 Å². The van der Waals surface area contributed by atoms with E-state index in [0.717, 1.165) is 0 Å². The normalized spacial score (nSPS) is 11.1. The molecule has 0 saturated carbocycles. The molecule has 0 aliphatic rings. The molecule has 0 atom stereocenters. The van der Waals surface area contributed by atoms with Gasteiger partial charge in [0.1, 0.15) is 5.75 Å². The van der Waals surface area contributed by atoms with E-state index in [1.54, 1.807) is 13.0 Å². The van der Waals surface area contributed by atoms with Gasteiger partial charge in [-0.05, 0) is 19.1 Å². The highest BCUT2D eigenvalue weighted by Gasteiger charge is 2.29.